The minimum atomic E-state index is 0.0810. The molecular formula is C17H29N3O. The third-order valence-electron chi connectivity index (χ3n) is 3.56. The Morgan fingerprint density at radius 3 is 2.43 bits per heavy atom. The van der Waals surface area contributed by atoms with Crippen LogP contribution in [0.3, 0.4) is 0 Å². The third-order valence-corrected chi connectivity index (χ3v) is 3.56. The number of nitrogens with two attached hydrogens (primary N) is 1. The van der Waals surface area contributed by atoms with Crippen LogP contribution >= 0.6 is 0 Å². The van der Waals surface area contributed by atoms with E-state index in [4.69, 9.17) is 5.73 Å². The number of anilines is 1. The zero-order chi connectivity index (χ0) is 15.5. The van der Waals surface area contributed by atoms with E-state index in [1.54, 1.807) is 0 Å². The molecule has 1 aromatic carbocycles. The van der Waals surface area contributed by atoms with Crippen LogP contribution in [0.4, 0.5) is 5.69 Å². The molecule has 0 saturated heterocycles. The summed E-state index contributed by atoms with van der Waals surface area (Å²) in [6.07, 6.45) is 5.24. The highest BCUT2D eigenvalue weighted by molar-refractivity contribution is 5.90. The number of nitrogens with zero attached hydrogens (tertiary/aromatic N) is 1. The summed E-state index contributed by atoms with van der Waals surface area (Å²) in [4.78, 5) is 14.2. The molecule has 1 aromatic rings. The van der Waals surface area contributed by atoms with E-state index in [9.17, 15) is 4.79 Å². The van der Waals surface area contributed by atoms with E-state index in [1.807, 2.05) is 24.3 Å². The topological polar surface area (TPSA) is 58.4 Å². The van der Waals surface area contributed by atoms with Gasteiger partial charge in [0.2, 0.25) is 5.91 Å². The molecule has 0 spiro atoms. The van der Waals surface area contributed by atoms with E-state index in [-0.39, 0.29) is 5.91 Å². The molecule has 4 nitrogen and oxygen atoms in total. The van der Waals surface area contributed by atoms with Gasteiger partial charge in [-0.05, 0) is 50.7 Å². The van der Waals surface area contributed by atoms with Gasteiger partial charge in [-0.25, -0.2) is 0 Å². The molecule has 0 aromatic heterocycles. The number of unbranched alkanes of at least 4 members (excludes halogenated alkanes) is 2. The van der Waals surface area contributed by atoms with Gasteiger partial charge < -0.3 is 16.0 Å². The maximum atomic E-state index is 11.9. The predicted octanol–water partition coefficient (Wildman–Crippen LogP) is 2.99. The van der Waals surface area contributed by atoms with Crippen LogP contribution in [0.15, 0.2) is 24.3 Å². The molecular weight excluding hydrogens is 262 g/mol. The molecule has 118 valence electrons. The number of rotatable bonds is 10. The van der Waals surface area contributed by atoms with E-state index < -0.39 is 0 Å². The average molecular weight is 291 g/mol. The predicted molar refractivity (Wildman–Crippen MR) is 89.2 cm³/mol. The summed E-state index contributed by atoms with van der Waals surface area (Å²) in [5, 5.41) is 2.92. The molecule has 0 aliphatic heterocycles. The lowest BCUT2D eigenvalue weighted by Crippen LogP contribution is -2.22. The van der Waals surface area contributed by atoms with Gasteiger partial charge in [0.15, 0.2) is 0 Å². The lowest BCUT2D eigenvalue weighted by molar-refractivity contribution is -0.116. The van der Waals surface area contributed by atoms with Crippen molar-refractivity contribution >= 4 is 11.6 Å². The minimum absolute atomic E-state index is 0.0810. The largest absolute Gasteiger partial charge is 0.326 e. The van der Waals surface area contributed by atoms with Crippen molar-refractivity contribution in [1.29, 1.82) is 0 Å². The lowest BCUT2D eigenvalue weighted by atomic mass is 10.2. The molecule has 0 bridgehead atoms. The summed E-state index contributed by atoms with van der Waals surface area (Å²) < 4.78 is 0. The Labute approximate surface area is 128 Å². The quantitative estimate of drug-likeness (QED) is 0.652. The highest BCUT2D eigenvalue weighted by atomic mass is 16.1. The molecule has 1 amide bonds. The molecule has 0 atom stereocenters. The number of benzene rings is 1. The van der Waals surface area contributed by atoms with Gasteiger partial charge >= 0.3 is 0 Å². The SMILES string of the molecule is CCCCCN(C)CCCC(=O)Nc1ccc(CN)cc1. The maximum absolute atomic E-state index is 11.9. The van der Waals surface area contributed by atoms with Crippen LogP contribution in [0, 0.1) is 0 Å². The summed E-state index contributed by atoms with van der Waals surface area (Å²) in [5.74, 6) is 0.0810. The molecule has 4 heteroatoms. The highest BCUT2D eigenvalue weighted by Crippen LogP contribution is 2.10. The fraction of sp³-hybridized carbons (Fsp3) is 0.588. The summed E-state index contributed by atoms with van der Waals surface area (Å²) in [6, 6.07) is 7.68. The van der Waals surface area contributed by atoms with E-state index in [0.717, 1.165) is 30.8 Å². The summed E-state index contributed by atoms with van der Waals surface area (Å²) in [6.45, 7) is 4.84. The van der Waals surface area contributed by atoms with Crippen molar-refractivity contribution in [2.45, 2.75) is 45.6 Å². The van der Waals surface area contributed by atoms with Crippen molar-refractivity contribution in [3.05, 3.63) is 29.8 Å². The minimum Gasteiger partial charge on any atom is -0.326 e. The van der Waals surface area contributed by atoms with Crippen LogP contribution in [0.1, 0.15) is 44.6 Å². The Morgan fingerprint density at radius 2 is 1.81 bits per heavy atom. The van der Waals surface area contributed by atoms with Crippen molar-refractivity contribution in [1.82, 2.24) is 4.90 Å². The first-order chi connectivity index (χ1) is 10.2. The zero-order valence-electron chi connectivity index (χ0n) is 13.4. The number of hydrogen-bond acceptors (Lipinski definition) is 3. The van der Waals surface area contributed by atoms with Crippen molar-refractivity contribution in [3.63, 3.8) is 0 Å². The molecule has 0 heterocycles. The Balaban J connectivity index is 2.18. The molecule has 0 saturated carbocycles. The van der Waals surface area contributed by atoms with Crippen molar-refractivity contribution in [2.24, 2.45) is 5.73 Å². The number of amides is 1. The van der Waals surface area contributed by atoms with E-state index in [1.165, 1.54) is 19.3 Å². The normalized spacial score (nSPS) is 10.9. The number of carbonyl (C=O) groups is 1. The Bertz CT molecular complexity index is 403. The zero-order valence-corrected chi connectivity index (χ0v) is 13.4. The lowest BCUT2D eigenvalue weighted by Gasteiger charge is -2.16. The second kappa shape index (κ2) is 10.4. The van der Waals surface area contributed by atoms with Gasteiger partial charge in [-0.1, -0.05) is 31.9 Å². The fourth-order valence-electron chi connectivity index (χ4n) is 2.20. The molecule has 0 fully saturated rings. The second-order valence-corrected chi connectivity index (χ2v) is 5.56. The molecule has 3 N–H and O–H groups in total. The van der Waals surface area contributed by atoms with Gasteiger partial charge in [-0.15, -0.1) is 0 Å². The number of nitrogens with one attached hydrogen (secondary N) is 1. The number of carbonyl (C=O) groups excluding carboxylic acids is 1. The first-order valence-corrected chi connectivity index (χ1v) is 7.93. The molecule has 0 unspecified atom stereocenters. The van der Waals surface area contributed by atoms with Gasteiger partial charge in [0.25, 0.3) is 0 Å². The molecule has 0 aliphatic carbocycles. The summed E-state index contributed by atoms with van der Waals surface area (Å²) >= 11 is 0. The van der Waals surface area contributed by atoms with Crippen molar-refractivity contribution < 1.29 is 4.79 Å². The van der Waals surface area contributed by atoms with Crippen LogP contribution in [0.5, 0.6) is 0 Å². The molecule has 0 radical (unpaired) electrons. The van der Waals surface area contributed by atoms with Crippen LogP contribution < -0.4 is 11.1 Å². The van der Waals surface area contributed by atoms with Gasteiger partial charge in [0.1, 0.15) is 0 Å². The Kier molecular flexibility index (Phi) is 8.71. The van der Waals surface area contributed by atoms with Crippen LogP contribution in [0.2, 0.25) is 0 Å². The Hall–Kier alpha value is -1.39. The monoisotopic (exact) mass is 291 g/mol. The van der Waals surface area contributed by atoms with Gasteiger partial charge in [-0.2, -0.15) is 0 Å². The summed E-state index contributed by atoms with van der Waals surface area (Å²) in [5.41, 5.74) is 7.46. The van der Waals surface area contributed by atoms with Crippen molar-refractivity contribution in [2.75, 3.05) is 25.5 Å². The van der Waals surface area contributed by atoms with Crippen LogP contribution in [0.25, 0.3) is 0 Å². The van der Waals surface area contributed by atoms with Gasteiger partial charge in [-0.3, -0.25) is 4.79 Å². The highest BCUT2D eigenvalue weighted by Gasteiger charge is 2.04. The van der Waals surface area contributed by atoms with Crippen LogP contribution in [-0.4, -0.2) is 30.9 Å². The van der Waals surface area contributed by atoms with E-state index in [0.29, 0.717) is 13.0 Å². The van der Waals surface area contributed by atoms with E-state index in [2.05, 4.69) is 24.2 Å². The molecule has 1 rings (SSSR count). The Morgan fingerprint density at radius 1 is 1.14 bits per heavy atom. The van der Waals surface area contributed by atoms with Gasteiger partial charge in [0.05, 0.1) is 0 Å². The first-order valence-electron chi connectivity index (χ1n) is 7.93. The average Bonchev–Trinajstić information content (AvgIpc) is 2.48. The third kappa shape index (κ3) is 7.83. The van der Waals surface area contributed by atoms with Crippen molar-refractivity contribution in [3.8, 4) is 0 Å². The summed E-state index contributed by atoms with van der Waals surface area (Å²) in [7, 11) is 2.12. The molecule has 0 aliphatic rings. The second-order valence-electron chi connectivity index (χ2n) is 5.56. The van der Waals surface area contributed by atoms with Gasteiger partial charge in [0, 0.05) is 18.7 Å². The van der Waals surface area contributed by atoms with Crippen LogP contribution in [-0.2, 0) is 11.3 Å². The standard InChI is InChI=1S/C17H29N3O/c1-3-4-5-12-20(2)13-6-7-17(21)19-16-10-8-15(14-18)9-11-16/h8-11H,3-7,12-14,18H2,1-2H3,(H,19,21). The smallest absolute Gasteiger partial charge is 0.224 e. The molecule has 21 heavy (non-hydrogen) atoms. The first kappa shape index (κ1) is 17.7. The maximum Gasteiger partial charge on any atom is 0.224 e. The van der Waals surface area contributed by atoms with E-state index >= 15 is 0 Å². The fourth-order valence-corrected chi connectivity index (χ4v) is 2.20. The number of hydrogen-bond donors (Lipinski definition) is 2.